The summed E-state index contributed by atoms with van der Waals surface area (Å²) in [6, 6.07) is 2.03. The first-order valence-corrected chi connectivity index (χ1v) is 6.14. The van der Waals surface area contributed by atoms with Crippen LogP contribution in [-0.4, -0.2) is 17.0 Å². The Morgan fingerprint density at radius 2 is 2.05 bits per heavy atom. The number of hydrogen-bond acceptors (Lipinski definition) is 4. The van der Waals surface area contributed by atoms with Crippen molar-refractivity contribution >= 4 is 11.7 Å². The lowest BCUT2D eigenvalue weighted by atomic mass is 10.1. The first-order chi connectivity index (χ1) is 8.99. The number of halogens is 1. The van der Waals surface area contributed by atoms with E-state index in [-0.39, 0.29) is 22.9 Å². The van der Waals surface area contributed by atoms with Gasteiger partial charge in [-0.05, 0) is 38.2 Å². The lowest BCUT2D eigenvalue weighted by molar-refractivity contribution is -0.385. The second kappa shape index (κ2) is 5.34. The van der Waals surface area contributed by atoms with E-state index in [1.165, 1.54) is 6.92 Å². The highest BCUT2D eigenvalue weighted by atomic mass is 19.1. The van der Waals surface area contributed by atoms with E-state index in [4.69, 9.17) is 4.74 Å². The maximum atomic E-state index is 13.8. The quantitative estimate of drug-likeness (QED) is 0.479. The fourth-order valence-electron chi connectivity index (χ4n) is 2.23. The van der Waals surface area contributed by atoms with Crippen LogP contribution in [-0.2, 0) is 4.74 Å². The average molecular weight is 267 g/mol. The normalized spacial score (nSPS) is 15.5. The molecule has 0 aliphatic heterocycles. The summed E-state index contributed by atoms with van der Waals surface area (Å²) in [5, 5.41) is 10.7. The third-order valence-corrected chi connectivity index (χ3v) is 3.25. The predicted octanol–water partition coefficient (Wildman–Crippen LogP) is 3.14. The second-order valence-corrected chi connectivity index (χ2v) is 4.69. The van der Waals surface area contributed by atoms with Crippen molar-refractivity contribution in [3.63, 3.8) is 0 Å². The van der Waals surface area contributed by atoms with Crippen LogP contribution in [0.15, 0.2) is 12.1 Å². The molecule has 102 valence electrons. The van der Waals surface area contributed by atoms with E-state index in [0.717, 1.165) is 37.8 Å². The van der Waals surface area contributed by atoms with Gasteiger partial charge in [-0.3, -0.25) is 10.1 Å². The van der Waals surface area contributed by atoms with Crippen molar-refractivity contribution in [2.75, 3.05) is 0 Å². The van der Waals surface area contributed by atoms with Crippen LogP contribution in [0.5, 0.6) is 0 Å². The van der Waals surface area contributed by atoms with Crippen molar-refractivity contribution < 1.29 is 18.8 Å². The lowest BCUT2D eigenvalue weighted by Crippen LogP contribution is -2.16. The van der Waals surface area contributed by atoms with Gasteiger partial charge in [0.05, 0.1) is 4.92 Å². The SMILES string of the molecule is Cc1cc([N+](=O)[O-])cc(C(=O)OC2CCCC2)c1F. The van der Waals surface area contributed by atoms with Crippen molar-refractivity contribution in [1.29, 1.82) is 0 Å². The largest absolute Gasteiger partial charge is 0.459 e. The van der Waals surface area contributed by atoms with Gasteiger partial charge < -0.3 is 4.74 Å². The summed E-state index contributed by atoms with van der Waals surface area (Å²) in [5.74, 6) is -1.58. The van der Waals surface area contributed by atoms with Gasteiger partial charge in [0.15, 0.2) is 0 Å². The Morgan fingerprint density at radius 3 is 2.63 bits per heavy atom. The van der Waals surface area contributed by atoms with Gasteiger partial charge in [0.2, 0.25) is 0 Å². The van der Waals surface area contributed by atoms with Crippen molar-refractivity contribution in [2.45, 2.75) is 38.7 Å². The van der Waals surface area contributed by atoms with E-state index in [2.05, 4.69) is 0 Å². The van der Waals surface area contributed by atoms with Gasteiger partial charge in [0.1, 0.15) is 17.5 Å². The minimum absolute atomic E-state index is 0.0626. The number of benzene rings is 1. The third kappa shape index (κ3) is 2.89. The number of nitro benzene ring substituents is 1. The maximum absolute atomic E-state index is 13.8. The topological polar surface area (TPSA) is 69.4 Å². The predicted molar refractivity (Wildman–Crippen MR) is 65.5 cm³/mol. The molecule has 0 amide bonds. The molecule has 0 heterocycles. The molecular formula is C13H14FNO4. The van der Waals surface area contributed by atoms with Gasteiger partial charge >= 0.3 is 5.97 Å². The molecule has 1 saturated carbocycles. The van der Waals surface area contributed by atoms with Crippen LogP contribution in [0.2, 0.25) is 0 Å². The molecule has 0 N–H and O–H groups in total. The summed E-state index contributed by atoms with van der Waals surface area (Å²) in [6.45, 7) is 1.38. The van der Waals surface area contributed by atoms with Crippen LogP contribution in [0.4, 0.5) is 10.1 Å². The number of nitro groups is 1. The summed E-state index contributed by atoms with van der Waals surface area (Å²) in [4.78, 5) is 21.9. The van der Waals surface area contributed by atoms with Crippen molar-refractivity contribution in [3.05, 3.63) is 39.2 Å². The van der Waals surface area contributed by atoms with Crippen LogP contribution in [0.25, 0.3) is 0 Å². The van der Waals surface area contributed by atoms with Crippen molar-refractivity contribution in [2.24, 2.45) is 0 Å². The second-order valence-electron chi connectivity index (χ2n) is 4.69. The smallest absolute Gasteiger partial charge is 0.341 e. The van der Waals surface area contributed by atoms with Crippen molar-refractivity contribution in [1.82, 2.24) is 0 Å². The minimum Gasteiger partial charge on any atom is -0.459 e. The number of carbonyl (C=O) groups is 1. The monoisotopic (exact) mass is 267 g/mol. The zero-order chi connectivity index (χ0) is 14.0. The number of ether oxygens (including phenoxy) is 1. The molecular weight excluding hydrogens is 253 g/mol. The van der Waals surface area contributed by atoms with E-state index < -0.39 is 16.7 Å². The Labute approximate surface area is 109 Å². The fraction of sp³-hybridized carbons (Fsp3) is 0.462. The molecule has 0 radical (unpaired) electrons. The van der Waals surface area contributed by atoms with Gasteiger partial charge in [-0.15, -0.1) is 0 Å². The van der Waals surface area contributed by atoms with E-state index >= 15 is 0 Å². The van der Waals surface area contributed by atoms with Gasteiger partial charge in [-0.1, -0.05) is 0 Å². The third-order valence-electron chi connectivity index (χ3n) is 3.25. The number of esters is 1. The molecule has 1 aromatic carbocycles. The number of hydrogen-bond donors (Lipinski definition) is 0. The van der Waals surface area contributed by atoms with Crippen LogP contribution in [0, 0.1) is 22.9 Å². The Balaban J connectivity index is 2.26. The summed E-state index contributed by atoms with van der Waals surface area (Å²) in [5.41, 5.74) is -0.608. The van der Waals surface area contributed by atoms with Gasteiger partial charge in [0, 0.05) is 12.1 Å². The number of rotatable bonds is 3. The minimum atomic E-state index is -0.823. The highest BCUT2D eigenvalue weighted by molar-refractivity contribution is 5.91. The Morgan fingerprint density at radius 1 is 1.42 bits per heavy atom. The number of nitrogens with zero attached hydrogens (tertiary/aromatic N) is 1. The summed E-state index contributed by atoms with van der Waals surface area (Å²) in [7, 11) is 0. The van der Waals surface area contributed by atoms with E-state index in [9.17, 15) is 19.3 Å². The molecule has 0 bridgehead atoms. The molecule has 2 rings (SSSR count). The molecule has 1 aliphatic rings. The first-order valence-electron chi connectivity index (χ1n) is 6.14. The zero-order valence-electron chi connectivity index (χ0n) is 10.5. The Hall–Kier alpha value is -1.98. The van der Waals surface area contributed by atoms with Gasteiger partial charge in [-0.25, -0.2) is 9.18 Å². The molecule has 5 nitrogen and oxygen atoms in total. The number of carbonyl (C=O) groups excluding carboxylic acids is 1. The van der Waals surface area contributed by atoms with E-state index in [0.29, 0.717) is 0 Å². The van der Waals surface area contributed by atoms with E-state index in [1.807, 2.05) is 0 Å². The molecule has 6 heteroatoms. The standard InChI is InChI=1S/C13H14FNO4/c1-8-6-9(15(17)18)7-11(12(8)14)13(16)19-10-4-2-3-5-10/h6-7,10H,2-5H2,1H3. The number of aryl methyl sites for hydroxylation is 1. The van der Waals surface area contributed by atoms with Crippen molar-refractivity contribution in [3.8, 4) is 0 Å². The summed E-state index contributed by atoms with van der Waals surface area (Å²) in [6.07, 6.45) is 3.29. The fourth-order valence-corrected chi connectivity index (χ4v) is 2.23. The lowest BCUT2D eigenvalue weighted by Gasteiger charge is -2.12. The molecule has 19 heavy (non-hydrogen) atoms. The first kappa shape index (κ1) is 13.5. The zero-order valence-corrected chi connectivity index (χ0v) is 10.5. The van der Waals surface area contributed by atoms with Crippen LogP contribution >= 0.6 is 0 Å². The van der Waals surface area contributed by atoms with Crippen LogP contribution < -0.4 is 0 Å². The molecule has 0 unspecified atom stereocenters. The molecule has 1 aliphatic carbocycles. The molecule has 0 spiro atoms. The maximum Gasteiger partial charge on any atom is 0.341 e. The van der Waals surface area contributed by atoms with Crippen LogP contribution in [0.3, 0.4) is 0 Å². The Kier molecular flexibility index (Phi) is 3.78. The molecule has 0 aromatic heterocycles. The summed E-state index contributed by atoms with van der Waals surface area (Å²) >= 11 is 0. The van der Waals surface area contributed by atoms with Crippen LogP contribution in [0.1, 0.15) is 41.6 Å². The van der Waals surface area contributed by atoms with Gasteiger partial charge in [-0.2, -0.15) is 0 Å². The molecule has 0 saturated heterocycles. The summed E-state index contributed by atoms with van der Waals surface area (Å²) < 4.78 is 19.0. The van der Waals surface area contributed by atoms with E-state index in [1.54, 1.807) is 0 Å². The highest BCUT2D eigenvalue weighted by Crippen LogP contribution is 2.25. The molecule has 0 atom stereocenters. The molecule has 1 fully saturated rings. The Bertz CT molecular complexity index is 524. The number of non-ortho nitro benzene ring substituents is 1. The average Bonchev–Trinajstić information content (AvgIpc) is 2.84. The highest BCUT2D eigenvalue weighted by Gasteiger charge is 2.25. The molecule has 1 aromatic rings. The van der Waals surface area contributed by atoms with Gasteiger partial charge in [0.25, 0.3) is 5.69 Å².